The molecule has 30 heavy (non-hydrogen) atoms. The van der Waals surface area contributed by atoms with E-state index in [9.17, 15) is 13.2 Å². The number of nitrogens with zero attached hydrogens (tertiary/aromatic N) is 4. The predicted molar refractivity (Wildman–Crippen MR) is 106 cm³/mol. The van der Waals surface area contributed by atoms with Gasteiger partial charge in [-0.3, -0.25) is 14.1 Å². The number of sulfonamides is 1. The number of carbonyl (C=O) groups is 1. The third-order valence-corrected chi connectivity index (χ3v) is 6.50. The molecule has 0 unspecified atom stereocenters. The number of esters is 1. The molecule has 9 nitrogen and oxygen atoms in total. The van der Waals surface area contributed by atoms with Gasteiger partial charge in [0, 0.05) is 23.3 Å². The lowest BCUT2D eigenvalue weighted by Crippen LogP contribution is -2.33. The smallest absolute Gasteiger partial charge is 0.327 e. The van der Waals surface area contributed by atoms with E-state index in [2.05, 4.69) is 15.1 Å². The second kappa shape index (κ2) is 6.92. The predicted octanol–water partition coefficient (Wildman–Crippen LogP) is 2.54. The topological polar surface area (TPSA) is 115 Å². The summed E-state index contributed by atoms with van der Waals surface area (Å²) in [6.07, 6.45) is 3.20. The van der Waals surface area contributed by atoms with Crippen molar-refractivity contribution < 1.29 is 22.5 Å². The molecule has 10 heteroatoms. The number of aromatic nitrogens is 3. The molecule has 0 N–H and O–H groups in total. The van der Waals surface area contributed by atoms with Gasteiger partial charge in [-0.2, -0.15) is 4.98 Å². The van der Waals surface area contributed by atoms with Crippen molar-refractivity contribution in [1.29, 1.82) is 0 Å². The van der Waals surface area contributed by atoms with Gasteiger partial charge in [0.15, 0.2) is 6.61 Å². The van der Waals surface area contributed by atoms with Crippen LogP contribution in [0, 0.1) is 0 Å². The lowest BCUT2D eigenvalue weighted by Gasteiger charge is -2.17. The zero-order valence-corrected chi connectivity index (χ0v) is 16.2. The standard InChI is InChI=1S/C20H14N4O5S/c25-18(28-12-17-22-20(23-29-17)14-6-3-9-21-10-14)11-24-15-7-1-4-13-5-2-8-16(19(13)15)30(24,26)27/h1-10H,11-12H2. The maximum absolute atomic E-state index is 12.9. The van der Waals surface area contributed by atoms with Crippen molar-refractivity contribution in [3.8, 4) is 11.4 Å². The average molecular weight is 422 g/mol. The Labute approximate surface area is 171 Å². The second-order valence-corrected chi connectivity index (χ2v) is 8.39. The SMILES string of the molecule is O=C(CN1c2cccc3cccc(c23)S1(=O)=O)OCc1nc(-c2cccnc2)no1. The highest BCUT2D eigenvalue weighted by atomic mass is 32.2. The Morgan fingerprint density at radius 3 is 2.73 bits per heavy atom. The lowest BCUT2D eigenvalue weighted by atomic mass is 10.1. The molecule has 0 saturated heterocycles. The van der Waals surface area contributed by atoms with Crippen LogP contribution in [-0.2, 0) is 26.2 Å². The van der Waals surface area contributed by atoms with Gasteiger partial charge in [-0.25, -0.2) is 8.42 Å². The first kappa shape index (κ1) is 18.3. The molecule has 5 rings (SSSR count). The number of hydrogen-bond donors (Lipinski definition) is 0. The summed E-state index contributed by atoms with van der Waals surface area (Å²) in [6.45, 7) is -0.725. The van der Waals surface area contributed by atoms with Crippen LogP contribution < -0.4 is 4.31 Å². The summed E-state index contributed by atoms with van der Waals surface area (Å²) in [5.74, 6) is -0.320. The Balaban J connectivity index is 1.31. The van der Waals surface area contributed by atoms with Crippen LogP contribution in [0.1, 0.15) is 5.89 Å². The first-order valence-electron chi connectivity index (χ1n) is 8.97. The van der Waals surface area contributed by atoms with Crippen molar-refractivity contribution in [2.75, 3.05) is 10.8 Å². The molecule has 0 radical (unpaired) electrons. The molecule has 0 amide bonds. The van der Waals surface area contributed by atoms with Gasteiger partial charge in [0.25, 0.3) is 15.9 Å². The molecule has 2 aromatic carbocycles. The summed E-state index contributed by atoms with van der Waals surface area (Å²) in [5.41, 5.74) is 1.12. The Kier molecular flexibility index (Phi) is 4.21. The first-order valence-corrected chi connectivity index (χ1v) is 10.4. The van der Waals surface area contributed by atoms with Crippen LogP contribution in [0.15, 0.2) is 70.3 Å². The molecule has 0 atom stereocenters. The number of rotatable bonds is 5. The molecule has 0 saturated carbocycles. The van der Waals surface area contributed by atoms with Gasteiger partial charge in [0.05, 0.1) is 10.6 Å². The third-order valence-electron chi connectivity index (χ3n) is 4.70. The molecule has 3 heterocycles. The highest BCUT2D eigenvalue weighted by Crippen LogP contribution is 2.41. The number of pyridine rings is 1. The Hall–Kier alpha value is -3.79. The van der Waals surface area contributed by atoms with E-state index in [1.54, 1.807) is 42.7 Å². The Morgan fingerprint density at radius 2 is 1.93 bits per heavy atom. The van der Waals surface area contributed by atoms with Gasteiger partial charge >= 0.3 is 5.97 Å². The zero-order valence-electron chi connectivity index (χ0n) is 15.4. The average Bonchev–Trinajstić information content (AvgIpc) is 3.32. The summed E-state index contributed by atoms with van der Waals surface area (Å²) >= 11 is 0. The maximum atomic E-state index is 12.9. The van der Waals surface area contributed by atoms with Gasteiger partial charge in [-0.05, 0) is 29.7 Å². The van der Waals surface area contributed by atoms with E-state index >= 15 is 0 Å². The maximum Gasteiger partial charge on any atom is 0.327 e. The van der Waals surface area contributed by atoms with E-state index in [1.165, 1.54) is 6.07 Å². The van der Waals surface area contributed by atoms with Crippen molar-refractivity contribution in [2.45, 2.75) is 11.5 Å². The molecule has 2 aromatic heterocycles. The second-order valence-electron chi connectivity index (χ2n) is 6.56. The van der Waals surface area contributed by atoms with E-state index in [0.717, 1.165) is 9.69 Å². The van der Waals surface area contributed by atoms with Crippen LogP contribution in [0.3, 0.4) is 0 Å². The van der Waals surface area contributed by atoms with Crippen molar-refractivity contribution in [2.24, 2.45) is 0 Å². The minimum atomic E-state index is -3.83. The summed E-state index contributed by atoms with van der Waals surface area (Å²) < 4.78 is 37.1. The molecular weight excluding hydrogens is 408 g/mol. The largest absolute Gasteiger partial charge is 0.454 e. The highest BCUT2D eigenvalue weighted by Gasteiger charge is 2.37. The molecular formula is C20H14N4O5S. The summed E-state index contributed by atoms with van der Waals surface area (Å²) in [6, 6.07) is 13.8. The fourth-order valence-electron chi connectivity index (χ4n) is 3.36. The molecule has 150 valence electrons. The van der Waals surface area contributed by atoms with Crippen LogP contribution in [0.5, 0.6) is 0 Å². The normalized spacial score (nSPS) is 14.2. The zero-order chi connectivity index (χ0) is 20.7. The van der Waals surface area contributed by atoms with Gasteiger partial charge in [0.2, 0.25) is 5.82 Å². The minimum absolute atomic E-state index is 0.0943. The highest BCUT2D eigenvalue weighted by molar-refractivity contribution is 7.93. The number of carbonyl (C=O) groups excluding carboxylic acids is 1. The van der Waals surface area contributed by atoms with Crippen LogP contribution >= 0.6 is 0 Å². The quantitative estimate of drug-likeness (QED) is 0.451. The van der Waals surface area contributed by atoms with E-state index in [4.69, 9.17) is 9.26 Å². The molecule has 1 aliphatic rings. The number of hydrogen-bond acceptors (Lipinski definition) is 8. The van der Waals surface area contributed by atoms with Gasteiger partial charge in [-0.1, -0.05) is 29.4 Å². The van der Waals surface area contributed by atoms with Gasteiger partial charge < -0.3 is 9.26 Å². The van der Waals surface area contributed by atoms with Crippen LogP contribution in [0.25, 0.3) is 22.2 Å². The molecule has 1 aliphatic heterocycles. The molecule has 0 aliphatic carbocycles. The fraction of sp³-hybridized carbons (Fsp3) is 0.100. The monoisotopic (exact) mass is 422 g/mol. The van der Waals surface area contributed by atoms with Crippen molar-refractivity contribution in [3.63, 3.8) is 0 Å². The van der Waals surface area contributed by atoms with Gasteiger partial charge in [-0.15, -0.1) is 0 Å². The minimum Gasteiger partial charge on any atom is -0.454 e. The van der Waals surface area contributed by atoms with Crippen LogP contribution in [0.4, 0.5) is 5.69 Å². The molecule has 0 fully saturated rings. The summed E-state index contributed by atoms with van der Waals surface area (Å²) in [7, 11) is -3.83. The molecule has 0 bridgehead atoms. The van der Waals surface area contributed by atoms with Crippen LogP contribution in [0.2, 0.25) is 0 Å². The first-order chi connectivity index (χ1) is 14.5. The fourth-order valence-corrected chi connectivity index (χ4v) is 5.01. The van der Waals surface area contributed by atoms with Crippen LogP contribution in [-0.4, -0.2) is 36.1 Å². The Bertz CT molecular complexity index is 1360. The van der Waals surface area contributed by atoms with E-state index < -0.39 is 22.5 Å². The number of benzene rings is 2. The molecule has 0 spiro atoms. The number of ether oxygens (including phenoxy) is 1. The van der Waals surface area contributed by atoms with E-state index in [1.807, 2.05) is 12.1 Å². The third kappa shape index (κ3) is 2.98. The lowest BCUT2D eigenvalue weighted by molar-refractivity contribution is -0.143. The summed E-state index contributed by atoms with van der Waals surface area (Å²) in [5, 5.41) is 5.21. The number of anilines is 1. The molecule has 4 aromatic rings. The Morgan fingerprint density at radius 1 is 1.10 bits per heavy atom. The van der Waals surface area contributed by atoms with Gasteiger partial charge in [0.1, 0.15) is 6.54 Å². The van der Waals surface area contributed by atoms with E-state index in [-0.39, 0.29) is 17.4 Å². The summed E-state index contributed by atoms with van der Waals surface area (Å²) in [4.78, 5) is 20.7. The van der Waals surface area contributed by atoms with Crippen molar-refractivity contribution in [1.82, 2.24) is 15.1 Å². The van der Waals surface area contributed by atoms with E-state index in [0.29, 0.717) is 22.5 Å². The van der Waals surface area contributed by atoms with Crippen molar-refractivity contribution in [3.05, 3.63) is 66.8 Å². The van der Waals surface area contributed by atoms with Crippen molar-refractivity contribution >= 4 is 32.5 Å².